The van der Waals surface area contributed by atoms with Gasteiger partial charge in [0.05, 0.1) is 22.6 Å². The Morgan fingerprint density at radius 1 is 1.24 bits per heavy atom. The number of amides is 1. The summed E-state index contributed by atoms with van der Waals surface area (Å²) in [7, 11) is 1.48. The van der Waals surface area contributed by atoms with Crippen LogP contribution in [0.3, 0.4) is 0 Å². The summed E-state index contributed by atoms with van der Waals surface area (Å²) in [6.45, 7) is 1.89. The number of aryl methyl sites for hydroxylation is 1. The van der Waals surface area contributed by atoms with E-state index in [2.05, 4.69) is 36.0 Å². The Morgan fingerprint density at radius 3 is 2.66 bits per heavy atom. The zero-order valence-electron chi connectivity index (χ0n) is 16.1. The number of carbonyl (C=O) groups is 1. The molecule has 9 nitrogen and oxygen atoms in total. The van der Waals surface area contributed by atoms with Gasteiger partial charge in [0.1, 0.15) is 16.5 Å². The standard InChI is InChI=1S/C19H21BrN6O3/c1-11-18(22-8-7-21-11)29-13-5-3-12(4-6-13)26-15-9-16(25(2)19(27)28)23-10-14(15)17(20)24-26/h7-10,12-13H,3-6H2,1-2H3,(H,27,28)/t12-,13+. The number of anilines is 1. The Morgan fingerprint density at radius 2 is 1.97 bits per heavy atom. The molecule has 3 aromatic heterocycles. The molecule has 1 amide bonds. The maximum atomic E-state index is 11.3. The van der Waals surface area contributed by atoms with Crippen LogP contribution in [-0.2, 0) is 0 Å². The van der Waals surface area contributed by atoms with Crippen molar-refractivity contribution < 1.29 is 14.6 Å². The largest absolute Gasteiger partial charge is 0.473 e. The van der Waals surface area contributed by atoms with E-state index in [1.54, 1.807) is 24.7 Å². The lowest BCUT2D eigenvalue weighted by molar-refractivity contribution is 0.124. The summed E-state index contributed by atoms with van der Waals surface area (Å²) < 4.78 is 8.73. The van der Waals surface area contributed by atoms with Crippen molar-refractivity contribution in [3.63, 3.8) is 0 Å². The number of aromatic nitrogens is 5. The quantitative estimate of drug-likeness (QED) is 0.627. The molecule has 29 heavy (non-hydrogen) atoms. The fourth-order valence-electron chi connectivity index (χ4n) is 3.62. The number of carboxylic acid groups (broad SMARTS) is 1. The Bertz CT molecular complexity index is 1050. The van der Waals surface area contributed by atoms with Crippen molar-refractivity contribution in [3.8, 4) is 5.88 Å². The maximum Gasteiger partial charge on any atom is 0.412 e. The van der Waals surface area contributed by atoms with Gasteiger partial charge in [0, 0.05) is 31.7 Å². The predicted octanol–water partition coefficient (Wildman–Crippen LogP) is 3.97. The number of pyridine rings is 1. The van der Waals surface area contributed by atoms with E-state index in [4.69, 9.17) is 4.74 Å². The lowest BCUT2D eigenvalue weighted by Crippen LogP contribution is -2.27. The monoisotopic (exact) mass is 460 g/mol. The van der Waals surface area contributed by atoms with Crippen LogP contribution < -0.4 is 9.64 Å². The molecule has 0 unspecified atom stereocenters. The van der Waals surface area contributed by atoms with Gasteiger partial charge in [-0.1, -0.05) is 0 Å². The van der Waals surface area contributed by atoms with Gasteiger partial charge in [0.25, 0.3) is 0 Å². The molecule has 0 saturated heterocycles. The van der Waals surface area contributed by atoms with E-state index in [1.807, 2.05) is 11.6 Å². The minimum atomic E-state index is -1.06. The van der Waals surface area contributed by atoms with Crippen LogP contribution in [-0.4, -0.2) is 49.1 Å². The first kappa shape index (κ1) is 19.6. The number of nitrogens with zero attached hydrogens (tertiary/aromatic N) is 6. The van der Waals surface area contributed by atoms with Gasteiger partial charge in [0.2, 0.25) is 5.88 Å². The van der Waals surface area contributed by atoms with Gasteiger partial charge in [-0.15, -0.1) is 0 Å². The van der Waals surface area contributed by atoms with Crippen LogP contribution in [0.1, 0.15) is 37.4 Å². The Hall–Kier alpha value is -2.75. The van der Waals surface area contributed by atoms with Crippen LogP contribution in [0.5, 0.6) is 5.88 Å². The number of ether oxygens (including phenoxy) is 1. The highest BCUT2D eigenvalue weighted by molar-refractivity contribution is 9.10. The van der Waals surface area contributed by atoms with E-state index in [-0.39, 0.29) is 12.1 Å². The van der Waals surface area contributed by atoms with Crippen molar-refractivity contribution in [2.24, 2.45) is 0 Å². The van der Waals surface area contributed by atoms with Gasteiger partial charge in [-0.05, 0) is 48.5 Å². The summed E-state index contributed by atoms with van der Waals surface area (Å²) in [6, 6.07) is 1.98. The fraction of sp³-hybridized carbons (Fsp3) is 0.421. The number of hydrogen-bond donors (Lipinski definition) is 1. The number of halogens is 1. The smallest absolute Gasteiger partial charge is 0.412 e. The highest BCUT2D eigenvalue weighted by Gasteiger charge is 2.27. The van der Waals surface area contributed by atoms with Crippen LogP contribution in [0.25, 0.3) is 10.9 Å². The van der Waals surface area contributed by atoms with Crippen LogP contribution in [0.4, 0.5) is 10.6 Å². The third kappa shape index (κ3) is 3.89. The molecule has 0 atom stereocenters. The summed E-state index contributed by atoms with van der Waals surface area (Å²) in [5, 5.41) is 14.7. The lowest BCUT2D eigenvalue weighted by atomic mass is 9.93. The van der Waals surface area contributed by atoms with E-state index in [0.29, 0.717) is 16.3 Å². The zero-order chi connectivity index (χ0) is 20.5. The number of fused-ring (bicyclic) bond motifs is 1. The van der Waals surface area contributed by atoms with Gasteiger partial charge in [-0.2, -0.15) is 5.10 Å². The van der Waals surface area contributed by atoms with Crippen molar-refractivity contribution in [1.29, 1.82) is 0 Å². The van der Waals surface area contributed by atoms with Crippen molar-refractivity contribution in [2.45, 2.75) is 44.8 Å². The van der Waals surface area contributed by atoms with E-state index >= 15 is 0 Å². The molecule has 3 heterocycles. The molecule has 0 aliphatic heterocycles. The Balaban J connectivity index is 1.52. The molecule has 1 N–H and O–H groups in total. The third-order valence-electron chi connectivity index (χ3n) is 5.27. The zero-order valence-corrected chi connectivity index (χ0v) is 17.7. The first-order valence-corrected chi connectivity index (χ1v) is 10.2. The first-order valence-electron chi connectivity index (χ1n) is 9.38. The SMILES string of the molecule is Cc1nccnc1O[C@H]1CC[C@@H](n2nc(Br)c3cnc(N(C)C(=O)O)cc32)CC1. The lowest BCUT2D eigenvalue weighted by Gasteiger charge is -2.29. The second kappa shape index (κ2) is 7.94. The second-order valence-corrected chi connectivity index (χ2v) is 7.88. The molecule has 0 aromatic carbocycles. The molecular weight excluding hydrogens is 440 g/mol. The molecule has 0 bridgehead atoms. The number of hydrogen-bond acceptors (Lipinski definition) is 6. The van der Waals surface area contributed by atoms with E-state index in [0.717, 1.165) is 47.2 Å². The second-order valence-electron chi connectivity index (χ2n) is 7.13. The third-order valence-corrected chi connectivity index (χ3v) is 5.85. The van der Waals surface area contributed by atoms with Crippen molar-refractivity contribution >= 4 is 38.7 Å². The van der Waals surface area contributed by atoms with Gasteiger partial charge >= 0.3 is 6.09 Å². The summed E-state index contributed by atoms with van der Waals surface area (Å²) >= 11 is 3.50. The van der Waals surface area contributed by atoms with Crippen molar-refractivity contribution in [3.05, 3.63) is 35.0 Å². The molecule has 1 fully saturated rings. The topological polar surface area (TPSA) is 106 Å². The molecule has 0 radical (unpaired) electrons. The molecule has 10 heteroatoms. The predicted molar refractivity (Wildman–Crippen MR) is 110 cm³/mol. The van der Waals surface area contributed by atoms with Gasteiger partial charge in [-0.3, -0.25) is 14.6 Å². The van der Waals surface area contributed by atoms with Gasteiger partial charge < -0.3 is 9.84 Å². The molecule has 152 valence electrons. The normalized spacial score (nSPS) is 19.3. The summed E-state index contributed by atoms with van der Waals surface area (Å²) in [6.07, 6.45) is 7.56. The molecule has 3 aromatic rings. The maximum absolute atomic E-state index is 11.3. The van der Waals surface area contributed by atoms with E-state index in [9.17, 15) is 9.90 Å². The Kier molecular flexibility index (Phi) is 5.35. The number of rotatable bonds is 4. The minimum Gasteiger partial charge on any atom is -0.473 e. The molecule has 1 saturated carbocycles. The van der Waals surface area contributed by atoms with E-state index < -0.39 is 6.09 Å². The summed E-state index contributed by atoms with van der Waals surface area (Å²) in [4.78, 5) is 25.1. The summed E-state index contributed by atoms with van der Waals surface area (Å²) in [5.74, 6) is 0.962. The van der Waals surface area contributed by atoms with Crippen LogP contribution in [0, 0.1) is 6.92 Å². The highest BCUT2D eigenvalue weighted by Crippen LogP contribution is 2.35. The van der Waals surface area contributed by atoms with Gasteiger partial charge in [0.15, 0.2) is 0 Å². The molecule has 1 aliphatic rings. The van der Waals surface area contributed by atoms with Crippen LogP contribution >= 0.6 is 15.9 Å². The summed E-state index contributed by atoms with van der Waals surface area (Å²) in [5.41, 5.74) is 1.66. The fourth-order valence-corrected chi connectivity index (χ4v) is 4.10. The molecular formula is C19H21BrN6O3. The average Bonchev–Trinajstić information content (AvgIpc) is 3.05. The van der Waals surface area contributed by atoms with Crippen molar-refractivity contribution in [2.75, 3.05) is 11.9 Å². The molecule has 1 aliphatic carbocycles. The van der Waals surface area contributed by atoms with E-state index in [1.165, 1.54) is 7.05 Å². The minimum absolute atomic E-state index is 0.0993. The Labute approximate surface area is 175 Å². The van der Waals surface area contributed by atoms with Crippen LogP contribution in [0.2, 0.25) is 0 Å². The van der Waals surface area contributed by atoms with Crippen LogP contribution in [0.15, 0.2) is 29.3 Å². The molecule has 0 spiro atoms. The first-order chi connectivity index (χ1) is 13.9. The highest BCUT2D eigenvalue weighted by atomic mass is 79.9. The van der Waals surface area contributed by atoms with Crippen molar-refractivity contribution in [1.82, 2.24) is 24.7 Å². The molecule has 4 rings (SSSR count). The average molecular weight is 461 g/mol. The van der Waals surface area contributed by atoms with Gasteiger partial charge in [-0.25, -0.2) is 14.8 Å².